The van der Waals surface area contributed by atoms with Crippen LogP contribution in [0.3, 0.4) is 0 Å². The van der Waals surface area contributed by atoms with Gasteiger partial charge < -0.3 is 0 Å². The van der Waals surface area contributed by atoms with E-state index in [1.807, 2.05) is 18.5 Å². The first-order chi connectivity index (χ1) is 11.8. The molecule has 3 heterocycles. The quantitative estimate of drug-likeness (QED) is 0.803. The van der Waals surface area contributed by atoms with Gasteiger partial charge in [0, 0.05) is 50.3 Å². The molecule has 1 aliphatic rings. The monoisotopic (exact) mass is 321 g/mol. The fourth-order valence-electron chi connectivity index (χ4n) is 3.46. The molecule has 5 nitrogen and oxygen atoms in total. The molecule has 1 saturated heterocycles. The number of nitrogens with one attached hydrogen (secondary N) is 1. The largest absolute Gasteiger partial charge is 0.297 e. The minimum atomic E-state index is 0.384. The Morgan fingerprint density at radius 2 is 2.00 bits per heavy atom. The van der Waals surface area contributed by atoms with E-state index in [1.165, 1.54) is 10.9 Å². The second-order valence-corrected chi connectivity index (χ2v) is 6.53. The molecular formula is C19H23N5. The van der Waals surface area contributed by atoms with E-state index in [2.05, 4.69) is 62.2 Å². The molecule has 1 fully saturated rings. The van der Waals surface area contributed by atoms with E-state index in [9.17, 15) is 0 Å². The predicted octanol–water partition coefficient (Wildman–Crippen LogP) is 2.84. The van der Waals surface area contributed by atoms with Crippen molar-refractivity contribution < 1.29 is 0 Å². The smallest absolute Gasteiger partial charge is 0.0653 e. The van der Waals surface area contributed by atoms with Gasteiger partial charge >= 0.3 is 0 Å². The molecule has 5 heteroatoms. The van der Waals surface area contributed by atoms with E-state index in [0.29, 0.717) is 6.04 Å². The van der Waals surface area contributed by atoms with Gasteiger partial charge in [-0.15, -0.1) is 0 Å². The average molecular weight is 321 g/mol. The molecule has 4 rings (SSSR count). The van der Waals surface area contributed by atoms with Gasteiger partial charge in [-0.3, -0.25) is 19.9 Å². The number of fused-ring (bicyclic) bond motifs is 1. The lowest BCUT2D eigenvalue weighted by molar-refractivity contribution is 0.0964. The zero-order chi connectivity index (χ0) is 16.4. The minimum absolute atomic E-state index is 0.384. The molecule has 2 aromatic heterocycles. The summed E-state index contributed by atoms with van der Waals surface area (Å²) in [6.07, 6.45) is 3.75. The van der Waals surface area contributed by atoms with Crippen LogP contribution in [0, 0.1) is 0 Å². The third-order valence-corrected chi connectivity index (χ3v) is 4.98. The average Bonchev–Trinajstić information content (AvgIpc) is 3.10. The van der Waals surface area contributed by atoms with Crippen molar-refractivity contribution in [1.29, 1.82) is 0 Å². The number of nitrogens with zero attached hydrogens (tertiary/aromatic N) is 4. The van der Waals surface area contributed by atoms with Crippen molar-refractivity contribution in [2.45, 2.75) is 19.5 Å². The van der Waals surface area contributed by atoms with Crippen LogP contribution in [0.4, 0.5) is 0 Å². The fourth-order valence-corrected chi connectivity index (χ4v) is 3.46. The number of H-pyrrole nitrogens is 1. The van der Waals surface area contributed by atoms with E-state index >= 15 is 0 Å². The summed E-state index contributed by atoms with van der Waals surface area (Å²) in [6.45, 7) is 7.62. The third-order valence-electron chi connectivity index (χ3n) is 4.98. The van der Waals surface area contributed by atoms with E-state index in [1.54, 1.807) is 0 Å². The molecule has 0 saturated carbocycles. The van der Waals surface area contributed by atoms with Gasteiger partial charge in [-0.05, 0) is 30.7 Å². The number of hydrogen-bond acceptors (Lipinski definition) is 4. The second-order valence-electron chi connectivity index (χ2n) is 6.53. The van der Waals surface area contributed by atoms with Crippen LogP contribution in [0.15, 0.2) is 48.8 Å². The maximum atomic E-state index is 4.50. The Kier molecular flexibility index (Phi) is 4.28. The standard InChI is InChI=1S/C19H23N5/c1-15(18-4-2-3-7-20-18)24-10-8-23(9-11-24)14-16-5-6-17-13-21-22-19(17)12-16/h2-7,12-13,15H,8-11,14H2,1H3,(H,21,22)/t15-/m0/s1. The van der Waals surface area contributed by atoms with Crippen molar-refractivity contribution in [1.82, 2.24) is 25.0 Å². The van der Waals surface area contributed by atoms with Crippen LogP contribution < -0.4 is 0 Å². The fraction of sp³-hybridized carbons (Fsp3) is 0.368. The molecule has 0 amide bonds. The van der Waals surface area contributed by atoms with Gasteiger partial charge in [-0.1, -0.05) is 18.2 Å². The summed E-state index contributed by atoms with van der Waals surface area (Å²) in [7, 11) is 0. The van der Waals surface area contributed by atoms with Crippen LogP contribution in [0.1, 0.15) is 24.2 Å². The highest BCUT2D eigenvalue weighted by Gasteiger charge is 2.22. The molecule has 124 valence electrons. The van der Waals surface area contributed by atoms with Gasteiger partial charge in [-0.2, -0.15) is 5.10 Å². The summed E-state index contributed by atoms with van der Waals surface area (Å²) < 4.78 is 0. The van der Waals surface area contributed by atoms with Gasteiger partial charge in [0.2, 0.25) is 0 Å². The molecule has 0 spiro atoms. The second kappa shape index (κ2) is 6.71. The van der Waals surface area contributed by atoms with Crippen LogP contribution in [-0.2, 0) is 6.54 Å². The number of hydrogen-bond donors (Lipinski definition) is 1. The van der Waals surface area contributed by atoms with Gasteiger partial charge in [0.05, 0.1) is 17.4 Å². The maximum Gasteiger partial charge on any atom is 0.0653 e. The van der Waals surface area contributed by atoms with E-state index in [4.69, 9.17) is 0 Å². The molecule has 3 aromatic rings. The van der Waals surface area contributed by atoms with Crippen LogP contribution in [0.5, 0.6) is 0 Å². The van der Waals surface area contributed by atoms with Gasteiger partial charge in [-0.25, -0.2) is 0 Å². The van der Waals surface area contributed by atoms with Crippen molar-refractivity contribution in [3.05, 3.63) is 60.0 Å². The lowest BCUT2D eigenvalue weighted by atomic mass is 10.1. The molecule has 1 atom stereocenters. The lowest BCUT2D eigenvalue weighted by Crippen LogP contribution is -2.46. The van der Waals surface area contributed by atoms with Crippen LogP contribution in [-0.4, -0.2) is 51.2 Å². The SMILES string of the molecule is C[C@@H](c1ccccn1)N1CCN(Cc2ccc3cn[nH]c3c2)CC1. The highest BCUT2D eigenvalue weighted by Crippen LogP contribution is 2.21. The Balaban J connectivity index is 1.35. The Morgan fingerprint density at radius 3 is 2.79 bits per heavy atom. The molecular weight excluding hydrogens is 298 g/mol. The molecule has 0 aliphatic carbocycles. The molecule has 0 bridgehead atoms. The zero-order valence-corrected chi connectivity index (χ0v) is 14.0. The number of aromatic amines is 1. The summed E-state index contributed by atoms with van der Waals surface area (Å²) in [6, 6.07) is 13.1. The Morgan fingerprint density at radius 1 is 1.12 bits per heavy atom. The molecule has 24 heavy (non-hydrogen) atoms. The normalized spacial score (nSPS) is 18.0. The highest BCUT2D eigenvalue weighted by atomic mass is 15.3. The van der Waals surface area contributed by atoms with Crippen molar-refractivity contribution >= 4 is 10.9 Å². The molecule has 0 radical (unpaired) electrons. The van der Waals surface area contributed by atoms with Crippen LogP contribution in [0.25, 0.3) is 10.9 Å². The molecule has 1 aromatic carbocycles. The number of benzene rings is 1. The highest BCUT2D eigenvalue weighted by molar-refractivity contribution is 5.78. The molecule has 1 aliphatic heterocycles. The van der Waals surface area contributed by atoms with E-state index < -0.39 is 0 Å². The maximum absolute atomic E-state index is 4.50. The van der Waals surface area contributed by atoms with Gasteiger partial charge in [0.1, 0.15) is 0 Å². The van der Waals surface area contributed by atoms with E-state index in [0.717, 1.165) is 43.9 Å². The number of piperazine rings is 1. The van der Waals surface area contributed by atoms with Crippen LogP contribution in [0.2, 0.25) is 0 Å². The van der Waals surface area contributed by atoms with E-state index in [-0.39, 0.29) is 0 Å². The third kappa shape index (κ3) is 3.18. The first-order valence-electron chi connectivity index (χ1n) is 8.59. The molecule has 0 unspecified atom stereocenters. The number of aromatic nitrogens is 3. The van der Waals surface area contributed by atoms with Crippen molar-refractivity contribution in [2.75, 3.05) is 26.2 Å². The lowest BCUT2D eigenvalue weighted by Gasteiger charge is -2.37. The first-order valence-corrected chi connectivity index (χ1v) is 8.59. The summed E-state index contributed by atoms with van der Waals surface area (Å²) in [4.78, 5) is 9.55. The van der Waals surface area contributed by atoms with Crippen molar-refractivity contribution in [3.8, 4) is 0 Å². The zero-order valence-electron chi connectivity index (χ0n) is 14.0. The number of rotatable bonds is 4. The summed E-state index contributed by atoms with van der Waals surface area (Å²) in [5, 5.41) is 8.32. The number of pyridine rings is 1. The van der Waals surface area contributed by atoms with Gasteiger partial charge in [0.25, 0.3) is 0 Å². The van der Waals surface area contributed by atoms with Crippen molar-refractivity contribution in [2.24, 2.45) is 0 Å². The predicted molar refractivity (Wildman–Crippen MR) is 95.6 cm³/mol. The van der Waals surface area contributed by atoms with Crippen LogP contribution >= 0.6 is 0 Å². The van der Waals surface area contributed by atoms with Crippen molar-refractivity contribution in [3.63, 3.8) is 0 Å². The first kappa shape index (κ1) is 15.3. The summed E-state index contributed by atoms with van der Waals surface area (Å²) in [5.74, 6) is 0. The van der Waals surface area contributed by atoms with Gasteiger partial charge in [0.15, 0.2) is 0 Å². The summed E-state index contributed by atoms with van der Waals surface area (Å²) in [5.41, 5.74) is 3.63. The Labute approximate surface area is 142 Å². The molecule has 1 N–H and O–H groups in total. The summed E-state index contributed by atoms with van der Waals surface area (Å²) >= 11 is 0. The Hall–Kier alpha value is -2.24. The topological polar surface area (TPSA) is 48.1 Å². The minimum Gasteiger partial charge on any atom is -0.297 e. The Bertz CT molecular complexity index is 790.